The first-order valence-electron chi connectivity index (χ1n) is 8.63. The van der Waals surface area contributed by atoms with Crippen molar-refractivity contribution in [3.8, 4) is 0 Å². The molecule has 0 radical (unpaired) electrons. The summed E-state index contributed by atoms with van der Waals surface area (Å²) >= 11 is 1.60. The molecule has 0 aromatic carbocycles. The number of carbonyl (C=O) groups excluding carboxylic acids is 1. The van der Waals surface area contributed by atoms with Gasteiger partial charge >= 0.3 is 0 Å². The first-order valence-corrected chi connectivity index (χ1v) is 9.45. The van der Waals surface area contributed by atoms with Gasteiger partial charge in [-0.1, -0.05) is 6.92 Å². The number of nitrogens with zero attached hydrogens (tertiary/aromatic N) is 4. The third-order valence-corrected chi connectivity index (χ3v) is 5.77. The van der Waals surface area contributed by atoms with Crippen LogP contribution in [0.5, 0.6) is 0 Å². The van der Waals surface area contributed by atoms with Gasteiger partial charge in [0.15, 0.2) is 5.65 Å². The maximum Gasteiger partial charge on any atom is 0.291 e. The van der Waals surface area contributed by atoms with Gasteiger partial charge in [-0.2, -0.15) is 0 Å². The maximum atomic E-state index is 12.4. The number of nitrogens with one attached hydrogen (secondary N) is 1. The van der Waals surface area contributed by atoms with Crippen molar-refractivity contribution in [3.63, 3.8) is 0 Å². The van der Waals surface area contributed by atoms with E-state index in [0.29, 0.717) is 18.7 Å². The molecular formula is C17H21N5O3S. The monoisotopic (exact) mass is 375 g/mol. The Labute approximate surface area is 154 Å². The van der Waals surface area contributed by atoms with Crippen molar-refractivity contribution < 1.29 is 14.6 Å². The Bertz CT molecular complexity index is 989. The molecule has 0 fully saturated rings. The van der Waals surface area contributed by atoms with Gasteiger partial charge < -0.3 is 15.2 Å². The first-order chi connectivity index (χ1) is 12.4. The van der Waals surface area contributed by atoms with E-state index in [1.54, 1.807) is 22.2 Å². The van der Waals surface area contributed by atoms with E-state index in [9.17, 15) is 9.90 Å². The molecule has 1 aliphatic heterocycles. The van der Waals surface area contributed by atoms with Gasteiger partial charge in [0, 0.05) is 11.3 Å². The first kappa shape index (κ1) is 17.3. The second-order valence-electron chi connectivity index (χ2n) is 7.12. The fourth-order valence-corrected chi connectivity index (χ4v) is 4.23. The Morgan fingerprint density at radius 2 is 2.35 bits per heavy atom. The van der Waals surface area contributed by atoms with Crippen molar-refractivity contribution in [1.82, 2.24) is 24.9 Å². The minimum absolute atomic E-state index is 0.0810. The Hall–Kier alpha value is -2.10. The highest BCUT2D eigenvalue weighted by molar-refractivity contribution is 7.19. The van der Waals surface area contributed by atoms with Crippen LogP contribution in [-0.4, -0.2) is 48.8 Å². The molecule has 4 rings (SSSR count). The van der Waals surface area contributed by atoms with Gasteiger partial charge in [-0.25, -0.2) is 14.5 Å². The SMILES string of the molecule is CCC(CO)NC(=O)c1nc2c3c4c(sc3ncn2n1)COC(C)(C)C4. The van der Waals surface area contributed by atoms with Crippen LogP contribution in [0.3, 0.4) is 0 Å². The lowest BCUT2D eigenvalue weighted by molar-refractivity contribution is -0.0379. The van der Waals surface area contributed by atoms with E-state index < -0.39 is 5.91 Å². The van der Waals surface area contributed by atoms with Crippen LogP contribution in [0.1, 0.15) is 48.3 Å². The lowest BCUT2D eigenvalue weighted by atomic mass is 9.94. The van der Waals surface area contributed by atoms with Crippen molar-refractivity contribution >= 4 is 33.1 Å². The Morgan fingerprint density at radius 1 is 1.54 bits per heavy atom. The van der Waals surface area contributed by atoms with Crippen LogP contribution in [0.2, 0.25) is 0 Å². The molecule has 0 bridgehead atoms. The van der Waals surface area contributed by atoms with Crippen molar-refractivity contribution in [1.29, 1.82) is 0 Å². The minimum Gasteiger partial charge on any atom is -0.394 e. The number of hydrogen-bond donors (Lipinski definition) is 2. The van der Waals surface area contributed by atoms with Gasteiger partial charge in [-0.3, -0.25) is 4.79 Å². The molecule has 0 spiro atoms. The van der Waals surface area contributed by atoms with E-state index in [0.717, 1.165) is 21.5 Å². The third-order valence-electron chi connectivity index (χ3n) is 4.66. The zero-order valence-electron chi connectivity index (χ0n) is 14.9. The number of carbonyl (C=O) groups is 1. The van der Waals surface area contributed by atoms with E-state index >= 15 is 0 Å². The quantitative estimate of drug-likeness (QED) is 0.720. The smallest absolute Gasteiger partial charge is 0.291 e. The van der Waals surface area contributed by atoms with E-state index in [1.165, 1.54) is 5.56 Å². The summed E-state index contributed by atoms with van der Waals surface area (Å²) in [5.41, 5.74) is 1.57. The average Bonchev–Trinajstić information content (AvgIpc) is 3.19. The summed E-state index contributed by atoms with van der Waals surface area (Å²) in [6, 6.07) is -0.306. The predicted octanol–water partition coefficient (Wildman–Crippen LogP) is 1.69. The molecule has 3 aromatic heterocycles. The van der Waals surface area contributed by atoms with Crippen LogP contribution >= 0.6 is 11.3 Å². The average molecular weight is 375 g/mol. The number of ether oxygens (including phenoxy) is 1. The summed E-state index contributed by atoms with van der Waals surface area (Å²) in [4.78, 5) is 23.4. The summed E-state index contributed by atoms with van der Waals surface area (Å²) in [5, 5.41) is 17.2. The van der Waals surface area contributed by atoms with Gasteiger partial charge in [0.05, 0.1) is 30.2 Å². The molecular weight excluding hydrogens is 354 g/mol. The molecule has 1 atom stereocenters. The number of aromatic nitrogens is 4. The third kappa shape index (κ3) is 2.85. The Balaban J connectivity index is 1.80. The van der Waals surface area contributed by atoms with E-state index in [-0.39, 0.29) is 24.1 Å². The van der Waals surface area contributed by atoms with Gasteiger partial charge in [-0.15, -0.1) is 16.4 Å². The summed E-state index contributed by atoms with van der Waals surface area (Å²) in [7, 11) is 0. The molecule has 1 aliphatic rings. The molecule has 1 unspecified atom stereocenters. The lowest BCUT2D eigenvalue weighted by Gasteiger charge is -2.30. The van der Waals surface area contributed by atoms with Gasteiger partial charge in [0.1, 0.15) is 11.2 Å². The Kier molecular flexibility index (Phi) is 4.17. The number of aliphatic hydroxyl groups excluding tert-OH is 1. The summed E-state index contributed by atoms with van der Waals surface area (Å²) in [6.45, 7) is 6.47. The molecule has 9 heteroatoms. The highest BCUT2D eigenvalue weighted by atomic mass is 32.1. The number of thiophene rings is 1. The van der Waals surface area contributed by atoms with Crippen molar-refractivity contribution in [2.24, 2.45) is 0 Å². The zero-order chi connectivity index (χ0) is 18.5. The van der Waals surface area contributed by atoms with Crippen molar-refractivity contribution in [2.75, 3.05) is 6.61 Å². The van der Waals surface area contributed by atoms with E-state index in [2.05, 4.69) is 34.2 Å². The standard InChI is InChI=1S/C17H21N5O3S/c1-4-9(6-23)19-15(24)13-20-14-12-10-5-17(2,3)25-7-11(10)26-16(12)18-8-22(14)21-13/h8-9,23H,4-7H2,1-3H3,(H,19,24). The number of rotatable bonds is 4. The van der Waals surface area contributed by atoms with Crippen LogP contribution < -0.4 is 5.32 Å². The van der Waals surface area contributed by atoms with Gasteiger partial charge in [0.2, 0.25) is 5.82 Å². The summed E-state index contributed by atoms with van der Waals surface area (Å²) in [5.74, 6) is -0.312. The van der Waals surface area contributed by atoms with Gasteiger partial charge in [-0.05, 0) is 25.8 Å². The molecule has 2 N–H and O–H groups in total. The molecule has 26 heavy (non-hydrogen) atoms. The van der Waals surface area contributed by atoms with Crippen LogP contribution in [0.4, 0.5) is 0 Å². The molecule has 8 nitrogen and oxygen atoms in total. The minimum atomic E-state index is -0.393. The number of hydrogen-bond acceptors (Lipinski definition) is 7. The fraction of sp³-hybridized carbons (Fsp3) is 0.529. The Morgan fingerprint density at radius 3 is 3.08 bits per heavy atom. The normalized spacial score (nSPS) is 17.4. The van der Waals surface area contributed by atoms with Crippen LogP contribution in [0.15, 0.2) is 6.33 Å². The van der Waals surface area contributed by atoms with Gasteiger partial charge in [0.25, 0.3) is 5.91 Å². The second-order valence-corrected chi connectivity index (χ2v) is 8.20. The molecule has 0 aliphatic carbocycles. The second kappa shape index (κ2) is 6.26. The number of amides is 1. The topological polar surface area (TPSA) is 102 Å². The van der Waals surface area contributed by atoms with Crippen LogP contribution in [-0.2, 0) is 17.8 Å². The zero-order valence-corrected chi connectivity index (χ0v) is 15.8. The molecule has 0 saturated heterocycles. The van der Waals surface area contributed by atoms with Crippen LogP contribution in [0, 0.1) is 0 Å². The largest absolute Gasteiger partial charge is 0.394 e. The molecule has 0 saturated carbocycles. The van der Waals surface area contributed by atoms with E-state index in [4.69, 9.17) is 4.74 Å². The summed E-state index contributed by atoms with van der Waals surface area (Å²) < 4.78 is 7.45. The molecule has 1 amide bonds. The fourth-order valence-electron chi connectivity index (χ4n) is 3.16. The number of fused-ring (bicyclic) bond motifs is 5. The molecule has 138 valence electrons. The van der Waals surface area contributed by atoms with Crippen molar-refractivity contribution in [3.05, 3.63) is 22.6 Å². The predicted molar refractivity (Wildman–Crippen MR) is 97.4 cm³/mol. The highest BCUT2D eigenvalue weighted by Gasteiger charge is 2.31. The van der Waals surface area contributed by atoms with Crippen LogP contribution in [0.25, 0.3) is 15.9 Å². The van der Waals surface area contributed by atoms with E-state index in [1.807, 2.05) is 6.92 Å². The highest BCUT2D eigenvalue weighted by Crippen LogP contribution is 2.39. The molecule has 3 aromatic rings. The number of aliphatic hydroxyl groups is 1. The molecule has 4 heterocycles. The lowest BCUT2D eigenvalue weighted by Crippen LogP contribution is -2.37. The van der Waals surface area contributed by atoms with Crippen molar-refractivity contribution in [2.45, 2.75) is 51.9 Å². The maximum absolute atomic E-state index is 12.4. The summed E-state index contributed by atoms with van der Waals surface area (Å²) in [6.07, 6.45) is 2.98.